The lowest BCUT2D eigenvalue weighted by Crippen LogP contribution is -2.47. The van der Waals surface area contributed by atoms with Gasteiger partial charge in [-0.3, -0.25) is 25.2 Å². The van der Waals surface area contributed by atoms with Crippen LogP contribution in [0.5, 0.6) is 11.5 Å². The Morgan fingerprint density at radius 1 is 1.23 bits per heavy atom. The fourth-order valence-corrected chi connectivity index (χ4v) is 2.69. The minimum absolute atomic E-state index is 0.0879. The van der Waals surface area contributed by atoms with Crippen molar-refractivity contribution in [3.63, 3.8) is 0 Å². The number of nitrogens with one attached hydrogen (secondary N) is 2. The Morgan fingerprint density at radius 2 is 2.08 bits per heavy atom. The zero-order valence-corrected chi connectivity index (χ0v) is 14.4. The molecule has 8 heteroatoms. The number of para-hydroxylation sites is 1. The lowest BCUT2D eigenvalue weighted by molar-refractivity contribution is -0.120. The van der Waals surface area contributed by atoms with Gasteiger partial charge in [0.05, 0.1) is 32.2 Å². The topological polar surface area (TPSA) is 102 Å². The van der Waals surface area contributed by atoms with E-state index >= 15 is 0 Å². The SMILES string of the molecule is COc1cccc([C@@H]2CC(=O)NC(NC(=O)c3cccnc3)=N2)c1OC. The molecule has 1 aromatic carbocycles. The van der Waals surface area contributed by atoms with Gasteiger partial charge in [0, 0.05) is 18.0 Å². The number of pyridine rings is 1. The van der Waals surface area contributed by atoms with Crippen LogP contribution in [0.1, 0.15) is 28.4 Å². The number of hydrogen-bond acceptors (Lipinski definition) is 6. The van der Waals surface area contributed by atoms with Crippen LogP contribution in [0.15, 0.2) is 47.7 Å². The molecule has 1 aliphatic rings. The number of benzene rings is 1. The van der Waals surface area contributed by atoms with E-state index in [0.717, 1.165) is 0 Å². The number of ether oxygens (including phenoxy) is 2. The van der Waals surface area contributed by atoms with Crippen molar-refractivity contribution in [3.8, 4) is 11.5 Å². The predicted octanol–water partition coefficient (Wildman–Crippen LogP) is 1.45. The quantitative estimate of drug-likeness (QED) is 0.865. The maximum atomic E-state index is 12.3. The number of nitrogens with zero attached hydrogens (tertiary/aromatic N) is 2. The van der Waals surface area contributed by atoms with E-state index in [4.69, 9.17) is 9.47 Å². The summed E-state index contributed by atoms with van der Waals surface area (Å²) in [6.45, 7) is 0. The van der Waals surface area contributed by atoms with Gasteiger partial charge in [-0.15, -0.1) is 0 Å². The summed E-state index contributed by atoms with van der Waals surface area (Å²) in [5.41, 5.74) is 1.07. The Morgan fingerprint density at radius 3 is 2.77 bits per heavy atom. The van der Waals surface area contributed by atoms with E-state index in [-0.39, 0.29) is 18.3 Å². The molecule has 2 N–H and O–H groups in total. The first-order valence-electron chi connectivity index (χ1n) is 7.92. The highest BCUT2D eigenvalue weighted by atomic mass is 16.5. The molecular formula is C18H18N4O4. The summed E-state index contributed by atoms with van der Waals surface area (Å²) in [7, 11) is 3.07. The molecule has 0 bridgehead atoms. The van der Waals surface area contributed by atoms with Gasteiger partial charge in [0.15, 0.2) is 11.5 Å². The molecule has 0 aliphatic carbocycles. The van der Waals surface area contributed by atoms with Gasteiger partial charge >= 0.3 is 0 Å². The minimum atomic E-state index is -0.502. The van der Waals surface area contributed by atoms with Crippen molar-refractivity contribution in [2.45, 2.75) is 12.5 Å². The zero-order chi connectivity index (χ0) is 18.5. The number of aliphatic imine (C=N–C) groups is 1. The molecule has 8 nitrogen and oxygen atoms in total. The first-order valence-corrected chi connectivity index (χ1v) is 7.92. The van der Waals surface area contributed by atoms with E-state index in [9.17, 15) is 9.59 Å². The van der Waals surface area contributed by atoms with Gasteiger partial charge in [0.2, 0.25) is 11.9 Å². The molecule has 3 rings (SSSR count). The molecule has 134 valence electrons. The van der Waals surface area contributed by atoms with Gasteiger partial charge in [-0.1, -0.05) is 12.1 Å². The van der Waals surface area contributed by atoms with Gasteiger partial charge in [0.1, 0.15) is 0 Å². The van der Waals surface area contributed by atoms with Crippen LogP contribution in [0.2, 0.25) is 0 Å². The Bertz CT molecular complexity index is 852. The number of aromatic nitrogens is 1. The second-order valence-corrected chi connectivity index (χ2v) is 5.52. The van der Waals surface area contributed by atoms with Gasteiger partial charge in [-0.05, 0) is 18.2 Å². The molecule has 2 amide bonds. The molecule has 0 spiro atoms. The van der Waals surface area contributed by atoms with Crippen molar-refractivity contribution >= 4 is 17.8 Å². The average molecular weight is 354 g/mol. The first-order chi connectivity index (χ1) is 12.6. The third-order valence-corrected chi connectivity index (χ3v) is 3.87. The third-order valence-electron chi connectivity index (χ3n) is 3.87. The lowest BCUT2D eigenvalue weighted by Gasteiger charge is -2.23. The average Bonchev–Trinajstić information content (AvgIpc) is 2.67. The Labute approximate surface area is 150 Å². The highest BCUT2D eigenvalue weighted by Gasteiger charge is 2.27. The van der Waals surface area contributed by atoms with E-state index in [0.29, 0.717) is 22.6 Å². The van der Waals surface area contributed by atoms with Crippen molar-refractivity contribution < 1.29 is 19.1 Å². The summed E-state index contributed by atoms with van der Waals surface area (Å²) < 4.78 is 10.7. The van der Waals surface area contributed by atoms with Gasteiger partial charge in [-0.2, -0.15) is 0 Å². The van der Waals surface area contributed by atoms with Crippen LogP contribution in [0.4, 0.5) is 0 Å². The molecule has 2 heterocycles. The number of guanidine groups is 1. The zero-order valence-electron chi connectivity index (χ0n) is 14.4. The summed E-state index contributed by atoms with van der Waals surface area (Å²) in [5.74, 6) is 0.486. The van der Waals surface area contributed by atoms with Crippen LogP contribution >= 0.6 is 0 Å². The Hall–Kier alpha value is -3.42. The summed E-state index contributed by atoms with van der Waals surface area (Å²) in [4.78, 5) is 32.7. The number of hydrogen-bond donors (Lipinski definition) is 2. The molecule has 2 aromatic rings. The standard InChI is InChI=1S/C18H18N4O4/c1-25-14-7-3-6-12(16(14)26-2)13-9-15(23)21-18(20-13)22-17(24)11-5-4-8-19-10-11/h3-8,10,13H,9H2,1-2H3,(H2,20,21,22,23,24)/t13-/m0/s1. The molecule has 0 saturated heterocycles. The lowest BCUT2D eigenvalue weighted by atomic mass is 10.0. The summed E-state index contributed by atoms with van der Waals surface area (Å²) in [6, 6.07) is 8.15. The van der Waals surface area contributed by atoms with Crippen molar-refractivity contribution in [2.24, 2.45) is 4.99 Å². The number of carbonyl (C=O) groups is 2. The monoisotopic (exact) mass is 354 g/mol. The van der Waals surface area contributed by atoms with Crippen molar-refractivity contribution in [3.05, 3.63) is 53.9 Å². The van der Waals surface area contributed by atoms with E-state index in [1.54, 1.807) is 30.5 Å². The maximum Gasteiger partial charge on any atom is 0.259 e. The van der Waals surface area contributed by atoms with Crippen LogP contribution in [-0.2, 0) is 4.79 Å². The normalized spacial score (nSPS) is 16.3. The number of methoxy groups -OCH3 is 2. The molecule has 0 saturated carbocycles. The fraction of sp³-hybridized carbons (Fsp3) is 0.222. The van der Waals surface area contributed by atoms with Gasteiger partial charge in [-0.25, -0.2) is 4.99 Å². The number of rotatable bonds is 4. The molecular weight excluding hydrogens is 336 g/mol. The number of amides is 2. The van der Waals surface area contributed by atoms with Crippen molar-refractivity contribution in [2.75, 3.05) is 14.2 Å². The second-order valence-electron chi connectivity index (χ2n) is 5.52. The van der Waals surface area contributed by atoms with Crippen LogP contribution in [0, 0.1) is 0 Å². The van der Waals surface area contributed by atoms with Gasteiger partial charge in [0.25, 0.3) is 5.91 Å². The molecule has 1 aromatic heterocycles. The van der Waals surface area contributed by atoms with E-state index in [1.165, 1.54) is 20.4 Å². The smallest absolute Gasteiger partial charge is 0.259 e. The molecule has 26 heavy (non-hydrogen) atoms. The molecule has 0 radical (unpaired) electrons. The molecule has 0 fully saturated rings. The van der Waals surface area contributed by atoms with Crippen LogP contribution in [-0.4, -0.2) is 37.0 Å². The summed E-state index contributed by atoms with van der Waals surface area (Å²) in [6.07, 6.45) is 3.14. The largest absolute Gasteiger partial charge is 0.493 e. The van der Waals surface area contributed by atoms with Crippen molar-refractivity contribution in [1.82, 2.24) is 15.6 Å². The van der Waals surface area contributed by atoms with Crippen LogP contribution in [0.25, 0.3) is 0 Å². The van der Waals surface area contributed by atoms with E-state index in [1.807, 2.05) is 6.07 Å². The molecule has 1 atom stereocenters. The van der Waals surface area contributed by atoms with Gasteiger partial charge < -0.3 is 9.47 Å². The van der Waals surface area contributed by atoms with Crippen LogP contribution in [0.3, 0.4) is 0 Å². The molecule has 0 unspecified atom stereocenters. The predicted molar refractivity (Wildman–Crippen MR) is 94.2 cm³/mol. The second kappa shape index (κ2) is 7.64. The maximum absolute atomic E-state index is 12.3. The van der Waals surface area contributed by atoms with E-state index < -0.39 is 11.9 Å². The summed E-state index contributed by atoms with van der Waals surface area (Å²) in [5, 5.41) is 5.17. The van der Waals surface area contributed by atoms with E-state index in [2.05, 4.69) is 20.6 Å². The first kappa shape index (κ1) is 17.4. The highest BCUT2D eigenvalue weighted by Crippen LogP contribution is 2.37. The van der Waals surface area contributed by atoms with Crippen molar-refractivity contribution in [1.29, 1.82) is 0 Å². The summed E-state index contributed by atoms with van der Waals surface area (Å²) >= 11 is 0. The molecule has 1 aliphatic heterocycles. The minimum Gasteiger partial charge on any atom is -0.493 e. The van der Waals surface area contributed by atoms with Crippen LogP contribution < -0.4 is 20.1 Å². The third kappa shape index (κ3) is 3.64. The Kier molecular flexibility index (Phi) is 5.12. The Balaban J connectivity index is 1.88. The highest BCUT2D eigenvalue weighted by molar-refractivity contribution is 6.10. The fourth-order valence-electron chi connectivity index (χ4n) is 2.69. The number of carbonyl (C=O) groups excluding carboxylic acids is 2.